The maximum atomic E-state index is 13.2. The van der Waals surface area contributed by atoms with Gasteiger partial charge in [0.05, 0.1) is 16.1 Å². The fourth-order valence-electron chi connectivity index (χ4n) is 3.45. The van der Waals surface area contributed by atoms with Crippen molar-refractivity contribution in [3.63, 3.8) is 0 Å². The highest BCUT2D eigenvalue weighted by Gasteiger charge is 2.28. The average Bonchev–Trinajstić information content (AvgIpc) is 2.99. The van der Waals surface area contributed by atoms with Crippen LogP contribution in [0.5, 0.6) is 0 Å². The molecule has 4 rings (SSSR count). The zero-order chi connectivity index (χ0) is 18.3. The molecule has 3 N–H and O–H groups in total. The van der Waals surface area contributed by atoms with E-state index in [2.05, 4.69) is 21.0 Å². The van der Waals surface area contributed by atoms with Crippen LogP contribution < -0.4 is 5.73 Å². The van der Waals surface area contributed by atoms with E-state index >= 15 is 0 Å². The Morgan fingerprint density at radius 3 is 2.58 bits per heavy atom. The molecular formula is C19H20N4O2S. The second-order valence-electron chi connectivity index (χ2n) is 6.50. The number of nitrogens with two attached hydrogens (primary N) is 1. The molecule has 0 spiro atoms. The summed E-state index contributed by atoms with van der Waals surface area (Å²) in [5.74, 6) is 0.629. The minimum Gasteiger partial charge on any atom is -0.384 e. The van der Waals surface area contributed by atoms with Crippen molar-refractivity contribution < 1.29 is 8.42 Å². The second kappa shape index (κ2) is 6.25. The Hall–Kier alpha value is -2.67. The van der Waals surface area contributed by atoms with Crippen molar-refractivity contribution in [2.24, 2.45) is 0 Å². The number of hydrogen-bond acceptors (Lipinski definition) is 5. The van der Waals surface area contributed by atoms with Crippen LogP contribution in [0.25, 0.3) is 16.6 Å². The predicted molar refractivity (Wildman–Crippen MR) is 101 cm³/mol. The lowest BCUT2D eigenvalue weighted by Gasteiger charge is -2.13. The number of nitrogens with zero attached hydrogens (tertiary/aromatic N) is 2. The monoisotopic (exact) mass is 368 g/mol. The van der Waals surface area contributed by atoms with Gasteiger partial charge in [-0.25, -0.2) is 18.4 Å². The number of anilines is 1. The summed E-state index contributed by atoms with van der Waals surface area (Å²) in [6, 6.07) is 8.28. The molecule has 0 saturated carbocycles. The molecule has 0 saturated heterocycles. The number of rotatable bonds is 3. The summed E-state index contributed by atoms with van der Waals surface area (Å²) in [4.78, 5) is 12.2. The van der Waals surface area contributed by atoms with Gasteiger partial charge in [0.1, 0.15) is 22.1 Å². The molecular weight excluding hydrogens is 348 g/mol. The molecule has 2 aromatic heterocycles. The van der Waals surface area contributed by atoms with Crippen molar-refractivity contribution in [2.45, 2.75) is 42.4 Å². The Bertz CT molecular complexity index is 1120. The van der Waals surface area contributed by atoms with Crippen LogP contribution in [-0.2, 0) is 9.84 Å². The van der Waals surface area contributed by atoms with Crippen molar-refractivity contribution in [1.29, 1.82) is 0 Å². The third-order valence-electron chi connectivity index (χ3n) is 4.66. The maximum absolute atomic E-state index is 13.2. The van der Waals surface area contributed by atoms with E-state index in [-0.39, 0.29) is 15.6 Å². The van der Waals surface area contributed by atoms with Gasteiger partial charge in [-0.2, -0.15) is 0 Å². The summed E-state index contributed by atoms with van der Waals surface area (Å²) in [5, 5.41) is 0. The van der Waals surface area contributed by atoms with Gasteiger partial charge in [0.15, 0.2) is 0 Å². The highest BCUT2D eigenvalue weighted by atomic mass is 32.2. The van der Waals surface area contributed by atoms with E-state index in [0.717, 1.165) is 37.0 Å². The predicted octanol–water partition coefficient (Wildman–Crippen LogP) is 3.64. The molecule has 2 heterocycles. The van der Waals surface area contributed by atoms with E-state index < -0.39 is 9.84 Å². The van der Waals surface area contributed by atoms with Crippen molar-refractivity contribution >= 4 is 32.3 Å². The van der Waals surface area contributed by atoms with Crippen LogP contribution >= 0.6 is 0 Å². The van der Waals surface area contributed by atoms with Crippen molar-refractivity contribution in [3.8, 4) is 0 Å². The summed E-state index contributed by atoms with van der Waals surface area (Å²) in [6.45, 7) is 1.77. The zero-order valence-electron chi connectivity index (χ0n) is 14.5. The van der Waals surface area contributed by atoms with E-state index in [9.17, 15) is 8.42 Å². The van der Waals surface area contributed by atoms with Crippen LogP contribution in [0.1, 0.15) is 37.2 Å². The summed E-state index contributed by atoms with van der Waals surface area (Å²) in [6.07, 6.45) is 6.36. The molecule has 0 atom stereocenters. The number of aromatic amines is 1. The molecule has 26 heavy (non-hydrogen) atoms. The van der Waals surface area contributed by atoms with Gasteiger partial charge in [-0.3, -0.25) is 0 Å². The average molecular weight is 368 g/mol. The second-order valence-corrected chi connectivity index (χ2v) is 8.39. The molecule has 0 aliphatic heterocycles. The fraction of sp³-hybridized carbons (Fsp3) is 0.263. The molecule has 3 aromatic rings. The zero-order valence-corrected chi connectivity index (χ0v) is 15.3. The molecule has 0 radical (unpaired) electrons. The number of H-pyrrole nitrogens is 1. The Morgan fingerprint density at radius 1 is 1.12 bits per heavy atom. The Morgan fingerprint density at radius 2 is 1.88 bits per heavy atom. The molecule has 0 bridgehead atoms. The molecule has 6 nitrogen and oxygen atoms in total. The van der Waals surface area contributed by atoms with Crippen molar-refractivity contribution in [1.82, 2.24) is 15.0 Å². The topological polar surface area (TPSA) is 102 Å². The Balaban J connectivity index is 2.00. The molecule has 134 valence electrons. The number of nitrogens with one attached hydrogen (secondary N) is 1. The normalized spacial score (nSPS) is 15.2. The molecule has 1 aromatic carbocycles. The smallest absolute Gasteiger partial charge is 0.212 e. The number of allylic oxidation sites excluding steroid dienone is 2. The van der Waals surface area contributed by atoms with Crippen LogP contribution in [0.2, 0.25) is 0 Å². The van der Waals surface area contributed by atoms with E-state index in [1.165, 1.54) is 0 Å². The summed E-state index contributed by atoms with van der Waals surface area (Å²) < 4.78 is 26.3. The van der Waals surface area contributed by atoms with Gasteiger partial charge in [0, 0.05) is 0 Å². The van der Waals surface area contributed by atoms with Gasteiger partial charge in [-0.15, -0.1) is 0 Å². The number of nitrogen functional groups attached to an aromatic ring is 1. The first-order valence-electron chi connectivity index (χ1n) is 8.64. The van der Waals surface area contributed by atoms with E-state index in [0.29, 0.717) is 16.9 Å². The van der Waals surface area contributed by atoms with Gasteiger partial charge in [-0.1, -0.05) is 24.3 Å². The molecule has 7 heteroatoms. The third kappa shape index (κ3) is 2.68. The fourth-order valence-corrected chi connectivity index (χ4v) is 4.94. The van der Waals surface area contributed by atoms with E-state index in [1.807, 2.05) is 0 Å². The highest BCUT2D eigenvalue weighted by molar-refractivity contribution is 7.92. The quantitative estimate of drug-likeness (QED) is 0.735. The largest absolute Gasteiger partial charge is 0.384 e. The molecule has 0 amide bonds. The minimum absolute atomic E-state index is 0.0295. The lowest BCUT2D eigenvalue weighted by Crippen LogP contribution is -2.05. The highest BCUT2D eigenvalue weighted by Crippen LogP contribution is 2.36. The Labute approximate surface area is 152 Å². The maximum Gasteiger partial charge on any atom is 0.212 e. The SMILES string of the molecule is Cc1nc(C2=CCCCC2)c2[nH]c(N)c(S(=O)(=O)c3ccccc3)c2n1. The number of hydrogen-bond donors (Lipinski definition) is 2. The molecule has 1 aliphatic carbocycles. The third-order valence-corrected chi connectivity index (χ3v) is 6.50. The van der Waals surface area contributed by atoms with Crippen molar-refractivity contribution in [2.75, 3.05) is 5.73 Å². The van der Waals surface area contributed by atoms with Crippen LogP contribution in [-0.4, -0.2) is 23.4 Å². The molecule has 0 unspecified atom stereocenters. The number of benzene rings is 1. The lowest BCUT2D eigenvalue weighted by atomic mass is 9.96. The van der Waals surface area contributed by atoms with E-state index in [4.69, 9.17) is 5.73 Å². The van der Waals surface area contributed by atoms with Crippen LogP contribution in [0.3, 0.4) is 0 Å². The van der Waals surface area contributed by atoms with E-state index in [1.54, 1.807) is 37.3 Å². The van der Waals surface area contributed by atoms with Crippen LogP contribution in [0, 0.1) is 6.92 Å². The first-order valence-corrected chi connectivity index (χ1v) is 10.1. The first-order chi connectivity index (χ1) is 12.5. The Kier molecular flexibility index (Phi) is 4.03. The molecule has 1 aliphatic rings. The van der Waals surface area contributed by atoms with Gasteiger partial charge in [0.2, 0.25) is 9.84 Å². The van der Waals surface area contributed by atoms with Gasteiger partial charge < -0.3 is 10.7 Å². The summed E-state index contributed by atoms with van der Waals surface area (Å²) in [5.41, 5.74) is 8.94. The molecule has 0 fully saturated rings. The van der Waals surface area contributed by atoms with Crippen LogP contribution in [0.15, 0.2) is 46.2 Å². The first kappa shape index (κ1) is 16.8. The lowest BCUT2D eigenvalue weighted by molar-refractivity contribution is 0.597. The van der Waals surface area contributed by atoms with Gasteiger partial charge >= 0.3 is 0 Å². The van der Waals surface area contributed by atoms with Gasteiger partial charge in [-0.05, 0) is 50.3 Å². The number of sulfone groups is 1. The standard InChI is InChI=1S/C19H20N4O2S/c1-12-21-15(13-8-4-2-5-9-13)16-17(22-12)18(19(20)23-16)26(24,25)14-10-6-3-7-11-14/h3,6-8,10-11,23H,2,4-5,9,20H2,1H3. The van der Waals surface area contributed by atoms with Crippen LogP contribution in [0.4, 0.5) is 5.82 Å². The van der Waals surface area contributed by atoms with Gasteiger partial charge in [0.25, 0.3) is 0 Å². The number of aromatic nitrogens is 3. The summed E-state index contributed by atoms with van der Waals surface area (Å²) in [7, 11) is -3.78. The minimum atomic E-state index is -3.78. The summed E-state index contributed by atoms with van der Waals surface area (Å²) >= 11 is 0. The van der Waals surface area contributed by atoms with Crippen molar-refractivity contribution in [3.05, 3.63) is 47.9 Å². The number of aryl methyl sites for hydroxylation is 1. The number of fused-ring (bicyclic) bond motifs is 1.